The fourth-order valence-corrected chi connectivity index (χ4v) is 4.57. The highest BCUT2D eigenvalue weighted by atomic mass is 32.2. The molecular formula is C24H27N5O5S. The normalized spacial score (nSPS) is 12.1. The molecule has 0 aliphatic rings. The number of hydrogen-bond donors (Lipinski definition) is 1. The summed E-state index contributed by atoms with van der Waals surface area (Å²) in [5, 5.41) is 12.1. The minimum Gasteiger partial charge on any atom is -0.497 e. The van der Waals surface area contributed by atoms with Gasteiger partial charge in [0, 0.05) is 44.1 Å². The summed E-state index contributed by atoms with van der Waals surface area (Å²) in [5.41, 5.74) is 1.11. The lowest BCUT2D eigenvalue weighted by Crippen LogP contribution is -2.24. The maximum Gasteiger partial charge on any atom is 0.262 e. The molecule has 35 heavy (non-hydrogen) atoms. The van der Waals surface area contributed by atoms with Crippen LogP contribution in [0.5, 0.6) is 11.5 Å². The van der Waals surface area contributed by atoms with Crippen molar-refractivity contribution in [3.8, 4) is 11.5 Å². The molecule has 0 saturated heterocycles. The lowest BCUT2D eigenvalue weighted by Gasteiger charge is -2.14. The summed E-state index contributed by atoms with van der Waals surface area (Å²) in [6.07, 6.45) is 0.655. The van der Waals surface area contributed by atoms with Gasteiger partial charge in [0.25, 0.3) is 5.56 Å². The van der Waals surface area contributed by atoms with Gasteiger partial charge in [0.15, 0.2) is 5.16 Å². The number of nitrogens with one attached hydrogen (secondary N) is 1. The second-order valence-electron chi connectivity index (χ2n) is 7.79. The van der Waals surface area contributed by atoms with Gasteiger partial charge in [-0.05, 0) is 25.5 Å². The predicted molar refractivity (Wildman–Crippen MR) is 135 cm³/mol. The molecule has 0 bridgehead atoms. The third-order valence-corrected chi connectivity index (χ3v) is 6.52. The molecule has 2 aromatic heterocycles. The summed E-state index contributed by atoms with van der Waals surface area (Å²) < 4.78 is 19.1. The Morgan fingerprint density at radius 1 is 1.09 bits per heavy atom. The van der Waals surface area contributed by atoms with E-state index in [2.05, 4.69) is 15.5 Å². The number of carbonyl (C=O) groups excluding carboxylic acids is 1. The molecule has 2 aromatic carbocycles. The van der Waals surface area contributed by atoms with Crippen molar-refractivity contribution in [3.05, 3.63) is 52.8 Å². The van der Waals surface area contributed by atoms with Crippen LogP contribution in [-0.2, 0) is 16.1 Å². The first-order valence-corrected chi connectivity index (χ1v) is 11.9. The maximum absolute atomic E-state index is 13.1. The summed E-state index contributed by atoms with van der Waals surface area (Å²) in [6.45, 7) is 2.75. The number of benzene rings is 2. The number of ether oxygens (including phenoxy) is 3. The molecule has 0 fully saturated rings. The second-order valence-corrected chi connectivity index (χ2v) is 9.10. The van der Waals surface area contributed by atoms with Crippen LogP contribution in [0.1, 0.15) is 13.3 Å². The van der Waals surface area contributed by atoms with Gasteiger partial charge in [-0.15, -0.1) is 10.2 Å². The third-order valence-electron chi connectivity index (χ3n) is 5.48. The van der Waals surface area contributed by atoms with E-state index in [9.17, 15) is 9.59 Å². The molecule has 0 aliphatic carbocycles. The van der Waals surface area contributed by atoms with E-state index in [0.29, 0.717) is 58.6 Å². The lowest BCUT2D eigenvalue weighted by molar-refractivity contribution is -0.115. The van der Waals surface area contributed by atoms with Crippen LogP contribution in [0, 0.1) is 0 Å². The zero-order chi connectivity index (χ0) is 24.9. The smallest absolute Gasteiger partial charge is 0.262 e. The van der Waals surface area contributed by atoms with E-state index >= 15 is 0 Å². The summed E-state index contributed by atoms with van der Waals surface area (Å²) >= 11 is 1.26. The van der Waals surface area contributed by atoms with Gasteiger partial charge in [0.2, 0.25) is 11.7 Å². The van der Waals surface area contributed by atoms with Crippen molar-refractivity contribution in [3.63, 3.8) is 0 Å². The van der Waals surface area contributed by atoms with Gasteiger partial charge in [-0.3, -0.25) is 18.6 Å². The molecule has 11 heteroatoms. The molecule has 184 valence electrons. The van der Waals surface area contributed by atoms with Crippen molar-refractivity contribution in [2.45, 2.75) is 30.3 Å². The number of thioether (sulfide) groups is 1. The topological polar surface area (TPSA) is 109 Å². The molecule has 0 radical (unpaired) electrons. The summed E-state index contributed by atoms with van der Waals surface area (Å²) in [7, 11) is 4.72. The van der Waals surface area contributed by atoms with Crippen LogP contribution in [0.2, 0.25) is 0 Å². The molecule has 1 unspecified atom stereocenters. The number of hydrogen-bond acceptors (Lipinski definition) is 8. The Morgan fingerprint density at radius 2 is 1.80 bits per heavy atom. The highest BCUT2D eigenvalue weighted by molar-refractivity contribution is 8.00. The standard InChI is InChI=1S/C24H27N5O5S/c1-15(21(30)25-16-12-17(33-3)14-18(13-16)34-4)35-24-27-26-23-28(10-7-11-32-2)22(31)19-8-5-6-9-20(19)29(23)24/h5-6,8-9,12-15H,7,10-11H2,1-4H3,(H,25,30). The molecular weight excluding hydrogens is 470 g/mol. The number of methoxy groups -OCH3 is 3. The Hall–Kier alpha value is -3.57. The van der Waals surface area contributed by atoms with E-state index in [1.807, 2.05) is 22.6 Å². The van der Waals surface area contributed by atoms with Crippen LogP contribution in [0.25, 0.3) is 16.7 Å². The molecule has 4 aromatic rings. The van der Waals surface area contributed by atoms with E-state index in [1.165, 1.54) is 11.8 Å². The number of para-hydroxylation sites is 1. The SMILES string of the molecule is COCCCn1c(=O)c2ccccc2n2c(SC(C)C(=O)Nc3cc(OC)cc(OC)c3)nnc12. The molecule has 0 saturated carbocycles. The fourth-order valence-electron chi connectivity index (χ4n) is 3.71. The van der Waals surface area contributed by atoms with Crippen molar-refractivity contribution in [2.24, 2.45) is 0 Å². The van der Waals surface area contributed by atoms with Crippen LogP contribution >= 0.6 is 11.8 Å². The Bertz CT molecular complexity index is 1390. The summed E-state index contributed by atoms with van der Waals surface area (Å²) in [5.74, 6) is 1.35. The minimum absolute atomic E-state index is 0.133. The van der Waals surface area contributed by atoms with Crippen molar-refractivity contribution in [1.82, 2.24) is 19.2 Å². The molecule has 2 heterocycles. The highest BCUT2D eigenvalue weighted by Gasteiger charge is 2.22. The van der Waals surface area contributed by atoms with Gasteiger partial charge in [0.1, 0.15) is 11.5 Å². The Kier molecular flexibility index (Phi) is 7.57. The molecule has 10 nitrogen and oxygen atoms in total. The Morgan fingerprint density at radius 3 is 2.49 bits per heavy atom. The van der Waals surface area contributed by atoms with Crippen LogP contribution < -0.4 is 20.3 Å². The zero-order valence-corrected chi connectivity index (χ0v) is 20.8. The second kappa shape index (κ2) is 10.8. The first-order chi connectivity index (χ1) is 17.0. The Balaban J connectivity index is 1.65. The Labute approximate surface area is 206 Å². The van der Waals surface area contributed by atoms with Gasteiger partial charge in [0.05, 0.1) is 30.4 Å². The number of aromatic nitrogens is 4. The van der Waals surface area contributed by atoms with Gasteiger partial charge in [-0.1, -0.05) is 23.9 Å². The number of amides is 1. The average molecular weight is 498 g/mol. The lowest BCUT2D eigenvalue weighted by atomic mass is 10.2. The van der Waals surface area contributed by atoms with Crippen molar-refractivity contribution < 1.29 is 19.0 Å². The zero-order valence-electron chi connectivity index (χ0n) is 20.0. The minimum atomic E-state index is -0.507. The van der Waals surface area contributed by atoms with Crippen molar-refractivity contribution in [1.29, 1.82) is 0 Å². The summed E-state index contributed by atoms with van der Waals surface area (Å²) in [4.78, 5) is 26.1. The molecule has 0 aliphatic heterocycles. The van der Waals surface area contributed by atoms with Crippen LogP contribution in [0.4, 0.5) is 5.69 Å². The first kappa shape index (κ1) is 24.6. The molecule has 1 atom stereocenters. The number of rotatable bonds is 10. The predicted octanol–water partition coefficient (Wildman–Crippen LogP) is 3.22. The first-order valence-electron chi connectivity index (χ1n) is 11.0. The largest absolute Gasteiger partial charge is 0.497 e. The number of aryl methyl sites for hydroxylation is 1. The average Bonchev–Trinajstić information content (AvgIpc) is 3.29. The van der Waals surface area contributed by atoms with E-state index in [1.54, 1.807) is 57.1 Å². The van der Waals surface area contributed by atoms with E-state index < -0.39 is 5.25 Å². The van der Waals surface area contributed by atoms with E-state index in [0.717, 1.165) is 0 Å². The summed E-state index contributed by atoms with van der Waals surface area (Å²) in [6, 6.07) is 12.5. The number of nitrogens with zero attached hydrogens (tertiary/aromatic N) is 4. The molecule has 4 rings (SSSR count). The molecule has 1 amide bonds. The highest BCUT2D eigenvalue weighted by Crippen LogP contribution is 2.28. The van der Waals surface area contributed by atoms with Gasteiger partial charge >= 0.3 is 0 Å². The third kappa shape index (κ3) is 5.10. The van der Waals surface area contributed by atoms with Gasteiger partial charge < -0.3 is 19.5 Å². The number of anilines is 1. The van der Waals surface area contributed by atoms with Gasteiger partial charge in [-0.25, -0.2) is 0 Å². The maximum atomic E-state index is 13.1. The van der Waals surface area contributed by atoms with Crippen LogP contribution in [0.3, 0.4) is 0 Å². The van der Waals surface area contributed by atoms with E-state index in [-0.39, 0.29) is 11.5 Å². The molecule has 0 spiro atoms. The van der Waals surface area contributed by atoms with Crippen molar-refractivity contribution >= 4 is 40.0 Å². The fraction of sp³-hybridized carbons (Fsp3) is 0.333. The van der Waals surface area contributed by atoms with Crippen LogP contribution in [0.15, 0.2) is 52.4 Å². The quantitative estimate of drug-likeness (QED) is 0.263. The molecule has 1 N–H and O–H groups in total. The van der Waals surface area contributed by atoms with E-state index in [4.69, 9.17) is 14.2 Å². The number of carbonyl (C=O) groups is 1. The monoisotopic (exact) mass is 497 g/mol. The van der Waals surface area contributed by atoms with Crippen molar-refractivity contribution in [2.75, 3.05) is 33.3 Å². The van der Waals surface area contributed by atoms with Gasteiger partial charge in [-0.2, -0.15) is 0 Å². The van der Waals surface area contributed by atoms with Crippen LogP contribution in [-0.4, -0.2) is 58.3 Å². The number of fused-ring (bicyclic) bond motifs is 3.